The van der Waals surface area contributed by atoms with Gasteiger partial charge in [0.25, 0.3) is 0 Å². The monoisotopic (exact) mass is 282 g/mol. The largest absolute Gasteiger partial charge is 0.496 e. The molecule has 4 heteroatoms. The molecule has 0 saturated heterocycles. The zero-order valence-electron chi connectivity index (χ0n) is 12.2. The fourth-order valence-corrected chi connectivity index (χ4v) is 2.64. The van der Waals surface area contributed by atoms with Crippen LogP contribution in [-0.2, 0) is 13.5 Å². The van der Waals surface area contributed by atoms with Gasteiger partial charge in [0.1, 0.15) is 5.75 Å². The molecule has 2 aromatic carbocycles. The molecule has 1 heterocycles. The van der Waals surface area contributed by atoms with E-state index in [1.165, 1.54) is 0 Å². The number of aryl methyl sites for hydroxylation is 1. The van der Waals surface area contributed by atoms with Crippen LogP contribution < -0.4 is 4.74 Å². The molecule has 1 aromatic heterocycles. The van der Waals surface area contributed by atoms with Gasteiger partial charge in [-0.3, -0.25) is 4.68 Å². The smallest absolute Gasteiger partial charge is 0.126 e. The fourth-order valence-electron chi connectivity index (χ4n) is 2.64. The molecule has 0 saturated carbocycles. The molecule has 0 aliphatic carbocycles. The lowest BCUT2D eigenvalue weighted by Crippen LogP contribution is -2.04. The van der Waals surface area contributed by atoms with Gasteiger partial charge in [0.2, 0.25) is 0 Å². The molecule has 0 spiro atoms. The molecule has 0 bridgehead atoms. The predicted molar refractivity (Wildman–Crippen MR) is 82.4 cm³/mol. The van der Waals surface area contributed by atoms with Crippen molar-refractivity contribution < 1.29 is 9.84 Å². The van der Waals surface area contributed by atoms with Gasteiger partial charge in [0.05, 0.1) is 18.9 Å². The number of hydrogen-bond donors (Lipinski definition) is 1. The van der Waals surface area contributed by atoms with Crippen LogP contribution in [0.15, 0.2) is 48.7 Å². The molecule has 0 radical (unpaired) electrons. The first-order chi connectivity index (χ1) is 10.2. The normalized spacial score (nSPS) is 12.5. The van der Waals surface area contributed by atoms with Gasteiger partial charge in [-0.2, -0.15) is 5.10 Å². The lowest BCUT2D eigenvalue weighted by molar-refractivity contribution is 0.178. The van der Waals surface area contributed by atoms with E-state index in [9.17, 15) is 5.11 Å². The molecule has 0 aliphatic rings. The third-order valence-electron chi connectivity index (χ3n) is 3.67. The molecule has 3 aromatic rings. The first-order valence-corrected chi connectivity index (χ1v) is 6.91. The van der Waals surface area contributed by atoms with Crippen molar-refractivity contribution >= 4 is 10.8 Å². The van der Waals surface area contributed by atoms with Crippen LogP contribution in [0.1, 0.15) is 17.4 Å². The number of aliphatic hydroxyl groups excluding tert-OH is 1. The van der Waals surface area contributed by atoms with Crippen molar-refractivity contribution in [3.63, 3.8) is 0 Å². The van der Waals surface area contributed by atoms with Gasteiger partial charge in [-0.15, -0.1) is 0 Å². The Kier molecular flexibility index (Phi) is 3.62. The van der Waals surface area contributed by atoms with Gasteiger partial charge < -0.3 is 9.84 Å². The van der Waals surface area contributed by atoms with Crippen LogP contribution >= 0.6 is 0 Å². The quantitative estimate of drug-likeness (QED) is 0.800. The average molecular weight is 282 g/mol. The summed E-state index contributed by atoms with van der Waals surface area (Å²) < 4.78 is 7.13. The minimum Gasteiger partial charge on any atom is -0.496 e. The van der Waals surface area contributed by atoms with Crippen LogP contribution in [0.25, 0.3) is 10.8 Å². The van der Waals surface area contributed by atoms with Gasteiger partial charge in [-0.25, -0.2) is 0 Å². The van der Waals surface area contributed by atoms with Crippen molar-refractivity contribution in [2.24, 2.45) is 7.05 Å². The zero-order chi connectivity index (χ0) is 14.8. The highest BCUT2D eigenvalue weighted by Gasteiger charge is 2.15. The lowest BCUT2D eigenvalue weighted by atomic mass is 9.97. The van der Waals surface area contributed by atoms with Crippen molar-refractivity contribution in [1.82, 2.24) is 9.78 Å². The van der Waals surface area contributed by atoms with E-state index in [1.807, 2.05) is 55.7 Å². The third kappa shape index (κ3) is 2.62. The summed E-state index contributed by atoms with van der Waals surface area (Å²) in [5.41, 5.74) is 1.78. The molecule has 108 valence electrons. The molecule has 1 N–H and O–H groups in total. The summed E-state index contributed by atoms with van der Waals surface area (Å²) in [5, 5.41) is 16.9. The molecular formula is C17H18N2O2. The second kappa shape index (κ2) is 5.58. The lowest BCUT2D eigenvalue weighted by Gasteiger charge is -2.14. The molecule has 21 heavy (non-hydrogen) atoms. The molecule has 0 aliphatic heterocycles. The second-order valence-corrected chi connectivity index (χ2v) is 5.10. The van der Waals surface area contributed by atoms with E-state index in [-0.39, 0.29) is 0 Å². The first-order valence-electron chi connectivity index (χ1n) is 6.91. The van der Waals surface area contributed by atoms with E-state index in [4.69, 9.17) is 4.74 Å². The Bertz CT molecular complexity index is 764. The molecule has 1 unspecified atom stereocenters. The molecular weight excluding hydrogens is 264 g/mol. The highest BCUT2D eigenvalue weighted by molar-refractivity contribution is 5.91. The Hall–Kier alpha value is -2.33. The SMILES string of the molecule is COc1ccc(C(O)Cc2ccn(C)n2)c2ccccc12. The standard InChI is InChI=1S/C17H18N2O2/c1-19-10-9-12(18-19)11-16(20)14-7-8-17(21-2)15-6-4-3-5-13(14)15/h3-10,16,20H,11H2,1-2H3. The van der Waals surface area contributed by atoms with E-state index in [0.717, 1.165) is 27.8 Å². The summed E-state index contributed by atoms with van der Waals surface area (Å²) in [6.07, 6.45) is 1.79. The Morgan fingerprint density at radius 1 is 1.14 bits per heavy atom. The highest BCUT2D eigenvalue weighted by Crippen LogP contribution is 2.32. The van der Waals surface area contributed by atoms with Gasteiger partial charge >= 0.3 is 0 Å². The van der Waals surface area contributed by atoms with Gasteiger partial charge in [0.15, 0.2) is 0 Å². The summed E-state index contributed by atoms with van der Waals surface area (Å²) in [5.74, 6) is 0.819. The molecule has 0 fully saturated rings. The number of methoxy groups -OCH3 is 1. The topological polar surface area (TPSA) is 47.3 Å². The number of fused-ring (bicyclic) bond motifs is 1. The summed E-state index contributed by atoms with van der Waals surface area (Å²) in [7, 11) is 3.53. The molecule has 4 nitrogen and oxygen atoms in total. The maximum absolute atomic E-state index is 10.6. The van der Waals surface area contributed by atoms with E-state index in [1.54, 1.807) is 11.8 Å². The number of aromatic nitrogens is 2. The number of nitrogens with zero attached hydrogens (tertiary/aromatic N) is 2. The van der Waals surface area contributed by atoms with Crippen LogP contribution in [0.5, 0.6) is 5.75 Å². The summed E-state index contributed by atoms with van der Waals surface area (Å²) in [6.45, 7) is 0. The van der Waals surface area contributed by atoms with Gasteiger partial charge in [-0.1, -0.05) is 30.3 Å². The molecule has 0 amide bonds. The third-order valence-corrected chi connectivity index (χ3v) is 3.67. The average Bonchev–Trinajstić information content (AvgIpc) is 2.91. The number of aliphatic hydroxyl groups is 1. The summed E-state index contributed by atoms with van der Waals surface area (Å²) in [6, 6.07) is 13.7. The Balaban J connectivity index is 2.00. The maximum atomic E-state index is 10.6. The Morgan fingerprint density at radius 2 is 1.90 bits per heavy atom. The minimum atomic E-state index is -0.587. The van der Waals surface area contributed by atoms with Gasteiger partial charge in [0, 0.05) is 25.1 Å². The van der Waals surface area contributed by atoms with Crippen LogP contribution in [0.2, 0.25) is 0 Å². The number of benzene rings is 2. The predicted octanol–water partition coefficient (Wildman–Crippen LogP) is 2.86. The zero-order valence-corrected chi connectivity index (χ0v) is 12.2. The minimum absolute atomic E-state index is 0.497. The number of rotatable bonds is 4. The van der Waals surface area contributed by atoms with E-state index in [2.05, 4.69) is 5.10 Å². The second-order valence-electron chi connectivity index (χ2n) is 5.10. The van der Waals surface area contributed by atoms with Crippen molar-refractivity contribution in [3.8, 4) is 5.75 Å². The van der Waals surface area contributed by atoms with E-state index < -0.39 is 6.10 Å². The summed E-state index contributed by atoms with van der Waals surface area (Å²) >= 11 is 0. The van der Waals surface area contributed by atoms with E-state index >= 15 is 0 Å². The summed E-state index contributed by atoms with van der Waals surface area (Å²) in [4.78, 5) is 0. The van der Waals surface area contributed by atoms with Gasteiger partial charge in [-0.05, 0) is 23.1 Å². The van der Waals surface area contributed by atoms with Crippen LogP contribution in [0.4, 0.5) is 0 Å². The molecule has 1 atom stereocenters. The van der Waals surface area contributed by atoms with Crippen molar-refractivity contribution in [3.05, 3.63) is 59.9 Å². The van der Waals surface area contributed by atoms with Crippen molar-refractivity contribution in [2.75, 3.05) is 7.11 Å². The number of hydrogen-bond acceptors (Lipinski definition) is 3. The maximum Gasteiger partial charge on any atom is 0.126 e. The molecule has 3 rings (SSSR count). The van der Waals surface area contributed by atoms with Crippen LogP contribution in [-0.4, -0.2) is 22.0 Å². The Labute approximate surface area is 123 Å². The van der Waals surface area contributed by atoms with E-state index in [0.29, 0.717) is 6.42 Å². The number of ether oxygens (including phenoxy) is 1. The highest BCUT2D eigenvalue weighted by atomic mass is 16.5. The van der Waals surface area contributed by atoms with Crippen molar-refractivity contribution in [1.29, 1.82) is 0 Å². The fraction of sp³-hybridized carbons (Fsp3) is 0.235. The van der Waals surface area contributed by atoms with Crippen LogP contribution in [0, 0.1) is 0 Å². The van der Waals surface area contributed by atoms with Crippen molar-refractivity contribution in [2.45, 2.75) is 12.5 Å². The van der Waals surface area contributed by atoms with Crippen LogP contribution in [0.3, 0.4) is 0 Å². The first kappa shape index (κ1) is 13.6. The Morgan fingerprint density at radius 3 is 2.57 bits per heavy atom.